The number of thioether (sulfide) groups is 1. The Morgan fingerprint density at radius 3 is 2.73 bits per heavy atom. The molecular formula is C16H16F3N5OS. The topological polar surface area (TPSA) is 63.9 Å². The van der Waals surface area contributed by atoms with E-state index in [9.17, 15) is 18.0 Å². The Bertz CT molecular complexity index is 862. The van der Waals surface area contributed by atoms with Gasteiger partial charge in [-0.25, -0.2) is 4.68 Å². The summed E-state index contributed by atoms with van der Waals surface area (Å²) >= 11 is 1.80. The summed E-state index contributed by atoms with van der Waals surface area (Å²) in [5, 5.41) is 11.4. The smallest absolute Gasteiger partial charge is 0.354 e. The fourth-order valence-corrected chi connectivity index (χ4v) is 4.10. The van der Waals surface area contributed by atoms with Crippen LogP contribution in [0.15, 0.2) is 23.0 Å². The summed E-state index contributed by atoms with van der Waals surface area (Å²) in [7, 11) is 0. The van der Waals surface area contributed by atoms with Crippen LogP contribution in [0.2, 0.25) is 0 Å². The van der Waals surface area contributed by atoms with Crippen LogP contribution in [0.1, 0.15) is 17.0 Å². The normalized spacial score (nSPS) is 17.7. The summed E-state index contributed by atoms with van der Waals surface area (Å²) in [5.74, 6) is 2.47. The third-order valence-electron chi connectivity index (χ3n) is 4.56. The lowest BCUT2D eigenvalue weighted by Crippen LogP contribution is -2.50. The van der Waals surface area contributed by atoms with Crippen LogP contribution in [-0.4, -0.2) is 38.8 Å². The molecule has 4 rings (SSSR count). The molecule has 138 valence electrons. The molecule has 2 aliphatic heterocycles. The quantitative estimate of drug-likeness (QED) is 0.808. The lowest BCUT2D eigenvalue weighted by atomic mass is 10.0. The summed E-state index contributed by atoms with van der Waals surface area (Å²) in [4.78, 5) is 14.0. The molecule has 0 aromatic carbocycles. The molecule has 6 nitrogen and oxygen atoms in total. The Balaban J connectivity index is 1.39. The molecule has 1 saturated heterocycles. The minimum atomic E-state index is -4.49. The van der Waals surface area contributed by atoms with Gasteiger partial charge in [-0.05, 0) is 23.4 Å². The molecule has 2 aliphatic rings. The van der Waals surface area contributed by atoms with Crippen molar-refractivity contribution in [3.8, 4) is 0 Å². The zero-order valence-corrected chi connectivity index (χ0v) is 14.6. The van der Waals surface area contributed by atoms with Crippen LogP contribution in [0.5, 0.6) is 0 Å². The minimum Gasteiger partial charge on any atom is -0.354 e. The third kappa shape index (κ3) is 3.42. The first-order chi connectivity index (χ1) is 12.4. The van der Waals surface area contributed by atoms with Crippen molar-refractivity contribution < 1.29 is 13.2 Å². The van der Waals surface area contributed by atoms with E-state index in [-0.39, 0.29) is 11.5 Å². The number of anilines is 1. The predicted octanol–water partition coefficient (Wildman–Crippen LogP) is 1.98. The van der Waals surface area contributed by atoms with Crippen LogP contribution in [0.3, 0.4) is 0 Å². The number of rotatable bonds is 3. The van der Waals surface area contributed by atoms with Crippen molar-refractivity contribution in [2.45, 2.75) is 24.9 Å². The van der Waals surface area contributed by atoms with E-state index in [4.69, 9.17) is 0 Å². The van der Waals surface area contributed by atoms with Gasteiger partial charge in [0.05, 0.1) is 12.2 Å². The monoisotopic (exact) mass is 383 g/mol. The molecule has 26 heavy (non-hydrogen) atoms. The van der Waals surface area contributed by atoms with Crippen molar-refractivity contribution >= 4 is 17.6 Å². The second kappa shape index (κ2) is 6.57. The number of aryl methyl sites for hydroxylation is 1. The summed E-state index contributed by atoms with van der Waals surface area (Å²) in [6, 6.07) is 3.93. The molecule has 0 amide bonds. The van der Waals surface area contributed by atoms with Crippen molar-refractivity contribution in [1.29, 1.82) is 0 Å². The molecule has 0 saturated carbocycles. The van der Waals surface area contributed by atoms with E-state index in [0.29, 0.717) is 25.5 Å². The summed E-state index contributed by atoms with van der Waals surface area (Å²) in [6.07, 6.45) is -3.61. The molecule has 0 unspecified atom stereocenters. The van der Waals surface area contributed by atoms with Crippen molar-refractivity contribution in [2.75, 3.05) is 23.7 Å². The molecule has 10 heteroatoms. The second-order valence-electron chi connectivity index (χ2n) is 6.48. The van der Waals surface area contributed by atoms with Crippen molar-refractivity contribution in [3.63, 3.8) is 0 Å². The van der Waals surface area contributed by atoms with Gasteiger partial charge in [0.25, 0.3) is 5.56 Å². The predicted molar refractivity (Wildman–Crippen MR) is 91.1 cm³/mol. The van der Waals surface area contributed by atoms with Crippen LogP contribution in [0.25, 0.3) is 0 Å². The first-order valence-electron chi connectivity index (χ1n) is 8.24. The van der Waals surface area contributed by atoms with E-state index in [2.05, 4.69) is 15.3 Å². The Labute approximate surface area is 151 Å². The fourth-order valence-electron chi connectivity index (χ4n) is 3.15. The maximum absolute atomic E-state index is 12.5. The third-order valence-corrected chi connectivity index (χ3v) is 5.57. The lowest BCUT2D eigenvalue weighted by Gasteiger charge is -2.39. The van der Waals surface area contributed by atoms with Gasteiger partial charge in [-0.3, -0.25) is 4.79 Å². The summed E-state index contributed by atoms with van der Waals surface area (Å²) in [6.45, 7) is 1.73. The molecule has 0 radical (unpaired) electrons. The number of alkyl halides is 3. The largest absolute Gasteiger partial charge is 0.435 e. The number of halogens is 3. The highest BCUT2D eigenvalue weighted by Gasteiger charge is 2.34. The van der Waals surface area contributed by atoms with E-state index < -0.39 is 11.9 Å². The van der Waals surface area contributed by atoms with Crippen molar-refractivity contribution in [2.24, 2.45) is 5.92 Å². The molecule has 2 aromatic rings. The second-order valence-corrected chi connectivity index (χ2v) is 7.59. The highest BCUT2D eigenvalue weighted by atomic mass is 32.2. The molecular weight excluding hydrogens is 367 g/mol. The van der Waals surface area contributed by atoms with Gasteiger partial charge in [0.15, 0.2) is 11.5 Å². The van der Waals surface area contributed by atoms with E-state index in [1.165, 1.54) is 10.7 Å². The number of hydrogen-bond acceptors (Lipinski definition) is 6. The van der Waals surface area contributed by atoms with Crippen molar-refractivity contribution in [3.05, 3.63) is 45.5 Å². The van der Waals surface area contributed by atoms with Gasteiger partial charge in [-0.1, -0.05) is 0 Å². The Kier molecular flexibility index (Phi) is 4.37. The van der Waals surface area contributed by atoms with Crippen molar-refractivity contribution in [1.82, 2.24) is 20.0 Å². The van der Waals surface area contributed by atoms with Crippen LogP contribution < -0.4 is 10.5 Å². The Hall–Kier alpha value is -2.10. The lowest BCUT2D eigenvalue weighted by molar-refractivity contribution is -0.141. The molecule has 0 bridgehead atoms. The molecule has 0 aliphatic carbocycles. The van der Waals surface area contributed by atoms with Gasteiger partial charge in [0, 0.05) is 37.2 Å². The average molecular weight is 383 g/mol. The van der Waals surface area contributed by atoms with Crippen LogP contribution in [0, 0.1) is 5.92 Å². The summed E-state index contributed by atoms with van der Waals surface area (Å²) in [5.41, 5.74) is 0.922. The summed E-state index contributed by atoms with van der Waals surface area (Å²) < 4.78 is 39.1. The number of hydrogen-bond donors (Lipinski definition) is 0. The van der Waals surface area contributed by atoms with Gasteiger partial charge >= 0.3 is 6.18 Å². The number of aromatic nitrogens is 4. The molecule has 0 atom stereocenters. The highest BCUT2D eigenvalue weighted by Crippen LogP contribution is 2.29. The van der Waals surface area contributed by atoms with E-state index in [1.54, 1.807) is 17.8 Å². The van der Waals surface area contributed by atoms with Gasteiger partial charge < -0.3 is 4.90 Å². The van der Waals surface area contributed by atoms with Gasteiger partial charge in [-0.2, -0.15) is 30.0 Å². The molecule has 1 fully saturated rings. The number of fused-ring (bicyclic) bond motifs is 1. The maximum Gasteiger partial charge on any atom is 0.435 e. The standard InChI is InChI=1S/C16H16F3N5OS/c17-16(18,19)13-1-2-14(21-20-13)23-6-10(7-23)8-24-15(25)5-11-9-26-4-3-12(11)22-24/h1-2,5,10H,3-4,6-9H2. The van der Waals surface area contributed by atoms with Gasteiger partial charge in [0.2, 0.25) is 0 Å². The molecule has 0 N–H and O–H groups in total. The SMILES string of the molecule is O=c1cc2c(nn1CC1CN(c3ccc(C(F)(F)F)nn3)C1)CCSC2. The Morgan fingerprint density at radius 2 is 2.04 bits per heavy atom. The van der Waals surface area contributed by atoms with E-state index >= 15 is 0 Å². The van der Waals surface area contributed by atoms with E-state index in [0.717, 1.165) is 35.3 Å². The fraction of sp³-hybridized carbons (Fsp3) is 0.500. The van der Waals surface area contributed by atoms with Crippen LogP contribution >= 0.6 is 11.8 Å². The first kappa shape index (κ1) is 17.3. The van der Waals surface area contributed by atoms with Gasteiger partial charge in [-0.15, -0.1) is 10.2 Å². The van der Waals surface area contributed by atoms with E-state index in [1.807, 2.05) is 4.90 Å². The first-order valence-corrected chi connectivity index (χ1v) is 9.39. The molecule has 0 spiro atoms. The maximum atomic E-state index is 12.5. The number of nitrogens with zero attached hydrogens (tertiary/aromatic N) is 5. The Morgan fingerprint density at radius 1 is 1.23 bits per heavy atom. The molecule has 4 heterocycles. The van der Waals surface area contributed by atoms with Crippen LogP contribution in [-0.2, 0) is 24.9 Å². The van der Waals surface area contributed by atoms with Crippen LogP contribution in [0.4, 0.5) is 19.0 Å². The zero-order chi connectivity index (χ0) is 18.3. The highest BCUT2D eigenvalue weighted by molar-refractivity contribution is 7.98. The molecule has 2 aromatic heterocycles. The van der Waals surface area contributed by atoms with Gasteiger partial charge in [0.1, 0.15) is 0 Å². The average Bonchev–Trinajstić information content (AvgIpc) is 2.57. The zero-order valence-electron chi connectivity index (χ0n) is 13.7. The minimum absolute atomic E-state index is 0.0981.